The number of nitrogens with one attached hydrogen (secondary N) is 2. The van der Waals surface area contributed by atoms with Gasteiger partial charge in [0.25, 0.3) is 0 Å². The number of aromatic nitrogens is 4. The number of thiophene rings is 1. The van der Waals surface area contributed by atoms with Crippen molar-refractivity contribution in [3.05, 3.63) is 113 Å². The Labute approximate surface area is 239 Å². The molecular weight excluding hydrogens is 534 g/mol. The Morgan fingerprint density at radius 2 is 1.76 bits per heavy atom. The van der Waals surface area contributed by atoms with Crippen LogP contribution in [0.25, 0.3) is 28.3 Å². The highest BCUT2D eigenvalue weighted by molar-refractivity contribution is 7.10. The van der Waals surface area contributed by atoms with E-state index >= 15 is 0 Å². The Morgan fingerprint density at radius 3 is 2.61 bits per heavy atom. The molecule has 0 bridgehead atoms. The molecule has 6 rings (SSSR count). The van der Waals surface area contributed by atoms with Gasteiger partial charge in [0.2, 0.25) is 17.8 Å². The lowest BCUT2D eigenvalue weighted by molar-refractivity contribution is -0.117. The third-order valence-electron chi connectivity index (χ3n) is 6.32. The van der Waals surface area contributed by atoms with Crippen LogP contribution < -0.4 is 16.4 Å². The average Bonchev–Trinajstić information content (AvgIpc) is 3.61. The normalized spacial score (nSPS) is 10.9. The predicted octanol–water partition coefficient (Wildman–Crippen LogP) is 5.47. The van der Waals surface area contributed by atoms with E-state index in [1.807, 2.05) is 101 Å². The number of fused-ring (bicyclic) bond motifs is 1. The second kappa shape index (κ2) is 11.4. The van der Waals surface area contributed by atoms with Gasteiger partial charge in [-0.25, -0.2) is 15.0 Å². The first-order chi connectivity index (χ1) is 20.0. The quantitative estimate of drug-likeness (QED) is 0.216. The molecular formula is C31H25N7O2S. The van der Waals surface area contributed by atoms with E-state index in [9.17, 15) is 9.59 Å². The van der Waals surface area contributed by atoms with Gasteiger partial charge in [-0.15, -0.1) is 11.3 Å². The van der Waals surface area contributed by atoms with E-state index in [0.29, 0.717) is 23.8 Å². The third-order valence-corrected chi connectivity index (χ3v) is 7.20. The number of benzene rings is 2. The summed E-state index contributed by atoms with van der Waals surface area (Å²) < 4.78 is 1.98. The molecule has 0 unspecified atom stereocenters. The summed E-state index contributed by atoms with van der Waals surface area (Å²) in [6.07, 6.45) is 4.10. The fraction of sp³-hybridized carbons (Fsp3) is 0.0645. The van der Waals surface area contributed by atoms with Crippen molar-refractivity contribution in [1.29, 1.82) is 0 Å². The number of primary amides is 1. The van der Waals surface area contributed by atoms with E-state index < -0.39 is 5.91 Å². The minimum Gasteiger partial charge on any atom is -0.369 e. The van der Waals surface area contributed by atoms with E-state index in [4.69, 9.17) is 15.7 Å². The molecule has 10 heteroatoms. The van der Waals surface area contributed by atoms with Gasteiger partial charge in [0.1, 0.15) is 5.65 Å². The first kappa shape index (κ1) is 25.9. The predicted molar refractivity (Wildman–Crippen MR) is 161 cm³/mol. The van der Waals surface area contributed by atoms with Crippen LogP contribution in [0.5, 0.6) is 0 Å². The van der Waals surface area contributed by atoms with Gasteiger partial charge in [0, 0.05) is 34.2 Å². The first-order valence-electron chi connectivity index (χ1n) is 12.9. The maximum Gasteiger partial charge on any atom is 0.229 e. The second-order valence-corrected chi connectivity index (χ2v) is 10.4. The van der Waals surface area contributed by atoms with Gasteiger partial charge >= 0.3 is 0 Å². The standard InChI is InChI=1S/C31H25N7O2S/c32-26(39)17-20-6-3-8-22(16-20)35-31-33-13-12-25(36-31)30-29(37-27-11-1-2-14-38(27)30)21-7-4-9-23(18-21)34-28(40)19-24-10-5-15-41-24/h1-16,18H,17,19H2,(H2,32,39)(H,34,40)(H,33,35,36). The van der Waals surface area contributed by atoms with Crippen molar-refractivity contribution in [3.63, 3.8) is 0 Å². The molecule has 0 radical (unpaired) electrons. The molecule has 2 amide bonds. The number of carbonyl (C=O) groups is 2. The van der Waals surface area contributed by atoms with Crippen LogP contribution in [0, 0.1) is 0 Å². The van der Waals surface area contributed by atoms with Crippen LogP contribution in [0.4, 0.5) is 17.3 Å². The number of carbonyl (C=O) groups excluding carboxylic acids is 2. The lowest BCUT2D eigenvalue weighted by Gasteiger charge is -2.10. The lowest BCUT2D eigenvalue weighted by Crippen LogP contribution is -2.13. The Hall–Kier alpha value is -5.35. The van der Waals surface area contributed by atoms with Crippen molar-refractivity contribution >= 4 is 46.1 Å². The molecule has 4 heterocycles. The Balaban J connectivity index is 1.34. The van der Waals surface area contributed by atoms with Crippen molar-refractivity contribution < 1.29 is 9.59 Å². The minimum absolute atomic E-state index is 0.0776. The van der Waals surface area contributed by atoms with Crippen molar-refractivity contribution in [2.45, 2.75) is 12.8 Å². The molecule has 0 aliphatic rings. The Morgan fingerprint density at radius 1 is 0.878 bits per heavy atom. The molecule has 0 spiro atoms. The maximum absolute atomic E-state index is 12.6. The highest BCUT2D eigenvalue weighted by Gasteiger charge is 2.18. The summed E-state index contributed by atoms with van der Waals surface area (Å²) >= 11 is 1.56. The third kappa shape index (κ3) is 5.97. The second-order valence-electron chi connectivity index (χ2n) is 9.36. The molecule has 4 N–H and O–H groups in total. The van der Waals surface area contributed by atoms with Gasteiger partial charge < -0.3 is 16.4 Å². The zero-order valence-corrected chi connectivity index (χ0v) is 22.6. The van der Waals surface area contributed by atoms with Crippen molar-refractivity contribution in [3.8, 4) is 22.6 Å². The summed E-state index contributed by atoms with van der Waals surface area (Å²) in [6, 6.07) is 26.6. The van der Waals surface area contributed by atoms with E-state index in [2.05, 4.69) is 15.6 Å². The Bertz CT molecular complexity index is 1860. The molecule has 9 nitrogen and oxygen atoms in total. The first-order valence-corrected chi connectivity index (χ1v) is 13.8. The molecule has 4 aromatic heterocycles. The number of imidazole rings is 1. The summed E-state index contributed by atoms with van der Waals surface area (Å²) in [5.41, 5.74) is 11.4. The van der Waals surface area contributed by atoms with E-state index in [1.165, 1.54) is 0 Å². The fourth-order valence-electron chi connectivity index (χ4n) is 4.60. The van der Waals surface area contributed by atoms with Crippen LogP contribution >= 0.6 is 11.3 Å². The number of rotatable bonds is 9. The van der Waals surface area contributed by atoms with Crippen LogP contribution in [-0.4, -0.2) is 31.2 Å². The lowest BCUT2D eigenvalue weighted by atomic mass is 10.1. The molecule has 0 atom stereocenters. The summed E-state index contributed by atoms with van der Waals surface area (Å²) in [6.45, 7) is 0. The molecule has 6 aromatic rings. The van der Waals surface area contributed by atoms with Gasteiger partial charge in [0.15, 0.2) is 0 Å². The zero-order valence-electron chi connectivity index (χ0n) is 21.8. The van der Waals surface area contributed by atoms with Crippen LogP contribution in [-0.2, 0) is 22.4 Å². The molecule has 0 fully saturated rings. The number of pyridine rings is 1. The smallest absolute Gasteiger partial charge is 0.229 e. The monoisotopic (exact) mass is 559 g/mol. The van der Waals surface area contributed by atoms with Crippen LogP contribution in [0.2, 0.25) is 0 Å². The highest BCUT2D eigenvalue weighted by atomic mass is 32.1. The number of nitrogens with two attached hydrogens (primary N) is 1. The van der Waals surface area contributed by atoms with E-state index in [1.54, 1.807) is 17.5 Å². The Kier molecular flexibility index (Phi) is 7.21. The van der Waals surface area contributed by atoms with Gasteiger partial charge in [-0.05, 0) is 59.5 Å². The number of anilines is 3. The summed E-state index contributed by atoms with van der Waals surface area (Å²) in [5, 5.41) is 8.19. The largest absolute Gasteiger partial charge is 0.369 e. The maximum atomic E-state index is 12.6. The molecule has 0 aliphatic carbocycles. The van der Waals surface area contributed by atoms with Gasteiger partial charge in [0.05, 0.1) is 29.9 Å². The molecule has 0 saturated heterocycles. The average molecular weight is 560 g/mol. The SMILES string of the molecule is NC(=O)Cc1cccc(Nc2nccc(-c3c(-c4cccc(NC(=O)Cc5cccs5)c4)nc4ccccn34)n2)c1. The van der Waals surface area contributed by atoms with Crippen LogP contribution in [0.15, 0.2) is 103 Å². The number of hydrogen-bond acceptors (Lipinski definition) is 7. The van der Waals surface area contributed by atoms with Gasteiger partial charge in [-0.2, -0.15) is 0 Å². The molecule has 202 valence electrons. The molecule has 2 aromatic carbocycles. The molecule has 41 heavy (non-hydrogen) atoms. The highest BCUT2D eigenvalue weighted by Crippen LogP contribution is 2.33. The van der Waals surface area contributed by atoms with Gasteiger partial charge in [-0.3, -0.25) is 14.0 Å². The minimum atomic E-state index is -0.397. The zero-order chi connectivity index (χ0) is 28.2. The van der Waals surface area contributed by atoms with E-state index in [0.717, 1.165) is 38.7 Å². The fourth-order valence-corrected chi connectivity index (χ4v) is 5.31. The van der Waals surface area contributed by atoms with Crippen LogP contribution in [0.1, 0.15) is 10.4 Å². The molecule has 0 saturated carbocycles. The van der Waals surface area contributed by atoms with Gasteiger partial charge in [-0.1, -0.05) is 36.4 Å². The van der Waals surface area contributed by atoms with Crippen molar-refractivity contribution in [2.24, 2.45) is 5.73 Å². The summed E-state index contributed by atoms with van der Waals surface area (Å²) in [5.74, 6) is -0.0805. The van der Waals surface area contributed by atoms with Crippen LogP contribution in [0.3, 0.4) is 0 Å². The topological polar surface area (TPSA) is 127 Å². The summed E-state index contributed by atoms with van der Waals surface area (Å²) in [4.78, 5) is 39.1. The van der Waals surface area contributed by atoms with E-state index in [-0.39, 0.29) is 12.3 Å². The molecule has 0 aliphatic heterocycles. The number of hydrogen-bond donors (Lipinski definition) is 3. The number of amides is 2. The number of nitrogens with zero attached hydrogens (tertiary/aromatic N) is 4. The van der Waals surface area contributed by atoms with Crippen molar-refractivity contribution in [1.82, 2.24) is 19.4 Å². The van der Waals surface area contributed by atoms with Crippen molar-refractivity contribution in [2.75, 3.05) is 10.6 Å². The summed E-state index contributed by atoms with van der Waals surface area (Å²) in [7, 11) is 0.